The number of hydrogen-bond acceptors (Lipinski definition) is 0. The molecule has 0 bridgehead atoms. The van der Waals surface area contributed by atoms with Crippen molar-refractivity contribution in [3.63, 3.8) is 0 Å². The molecule has 0 radical (unpaired) electrons. The molecule has 0 aromatic heterocycles. The topological polar surface area (TPSA) is 0 Å². The SMILES string of the molecule is CCCCC1=C([Si](C)(C)C2=C(CCCC)C(Cl)c3cccc(-c4ccccc4)c32)c2c(-c3ccccc3)cccc2C1Cl. The summed E-state index contributed by atoms with van der Waals surface area (Å²) in [6.45, 7) is 9.73. The van der Waals surface area contributed by atoms with E-state index in [1.165, 1.54) is 55.7 Å². The number of fused-ring (bicyclic) bond motifs is 2. The minimum absolute atomic E-state index is 0.0938. The van der Waals surface area contributed by atoms with E-state index >= 15 is 0 Å². The first-order chi connectivity index (χ1) is 20.9. The van der Waals surface area contributed by atoms with E-state index < -0.39 is 8.07 Å². The highest BCUT2D eigenvalue weighted by molar-refractivity contribution is 7.09. The first kappa shape index (κ1) is 30.2. The predicted octanol–water partition coefficient (Wildman–Crippen LogP) is 13.0. The minimum atomic E-state index is -2.39. The van der Waals surface area contributed by atoms with E-state index in [9.17, 15) is 0 Å². The zero-order valence-electron chi connectivity index (χ0n) is 25.9. The maximum absolute atomic E-state index is 7.51. The maximum Gasteiger partial charge on any atom is 0.113 e. The van der Waals surface area contributed by atoms with Gasteiger partial charge in [0.15, 0.2) is 0 Å². The molecule has 0 saturated carbocycles. The number of rotatable bonds is 10. The van der Waals surface area contributed by atoms with Crippen molar-refractivity contribution in [1.82, 2.24) is 0 Å². The van der Waals surface area contributed by atoms with Crippen molar-refractivity contribution in [1.29, 1.82) is 0 Å². The molecule has 4 aromatic rings. The Hall–Kier alpha value is -2.84. The molecule has 2 aliphatic carbocycles. The Balaban J connectivity index is 1.65. The fraction of sp³-hybridized carbons (Fsp3) is 0.300. The van der Waals surface area contributed by atoms with E-state index in [2.05, 4.69) is 124 Å². The van der Waals surface area contributed by atoms with Gasteiger partial charge in [0.25, 0.3) is 0 Å². The first-order valence-electron chi connectivity index (χ1n) is 16.0. The first-order valence-corrected chi connectivity index (χ1v) is 19.9. The number of halogens is 2. The zero-order valence-corrected chi connectivity index (χ0v) is 28.4. The lowest BCUT2D eigenvalue weighted by atomic mass is 9.97. The molecule has 2 atom stereocenters. The normalized spacial score (nSPS) is 17.9. The summed E-state index contributed by atoms with van der Waals surface area (Å²) in [6, 6.07) is 35.3. The molecule has 0 nitrogen and oxygen atoms in total. The van der Waals surface area contributed by atoms with Crippen molar-refractivity contribution in [2.75, 3.05) is 0 Å². The molecule has 2 unspecified atom stereocenters. The van der Waals surface area contributed by atoms with Crippen LogP contribution in [-0.4, -0.2) is 8.07 Å². The Morgan fingerprint density at radius 2 is 0.930 bits per heavy atom. The number of hydrogen-bond donors (Lipinski definition) is 0. The van der Waals surface area contributed by atoms with Crippen LogP contribution in [-0.2, 0) is 0 Å². The van der Waals surface area contributed by atoms with E-state index in [0.717, 1.165) is 38.5 Å². The summed E-state index contributed by atoms with van der Waals surface area (Å²) in [5.41, 5.74) is 13.3. The summed E-state index contributed by atoms with van der Waals surface area (Å²) < 4.78 is 0. The van der Waals surface area contributed by atoms with Crippen molar-refractivity contribution in [3.05, 3.63) is 130 Å². The Bertz CT molecular complexity index is 1560. The molecule has 2 aliphatic rings. The standard InChI is InChI=1S/C40H42Cl2Si/c1-5-7-21-33-37(41)31-25-15-23-29(27-17-11-9-12-18-27)35(31)39(33)43(3,4)40-34(22-8-6-2)38(42)32-26-16-24-30(36(32)40)28-19-13-10-14-20-28/h9-20,23-26,37-38H,5-8,21-22H2,1-4H3. The van der Waals surface area contributed by atoms with Crippen molar-refractivity contribution >= 4 is 41.7 Å². The summed E-state index contributed by atoms with van der Waals surface area (Å²) in [5.74, 6) is 0. The van der Waals surface area contributed by atoms with Crippen LogP contribution in [0.1, 0.15) is 85.4 Å². The smallest absolute Gasteiger partial charge is 0.113 e. The van der Waals surface area contributed by atoms with Crippen LogP contribution in [0.3, 0.4) is 0 Å². The lowest BCUT2D eigenvalue weighted by molar-refractivity contribution is 0.773. The van der Waals surface area contributed by atoms with E-state index in [4.69, 9.17) is 23.2 Å². The number of allylic oxidation sites excluding steroid dienone is 2. The van der Waals surface area contributed by atoms with Crippen LogP contribution in [0, 0.1) is 0 Å². The van der Waals surface area contributed by atoms with Gasteiger partial charge in [-0.3, -0.25) is 0 Å². The summed E-state index contributed by atoms with van der Waals surface area (Å²) in [7, 11) is -2.39. The molecule has 0 spiro atoms. The van der Waals surface area contributed by atoms with Crippen LogP contribution >= 0.6 is 23.2 Å². The fourth-order valence-electron chi connectivity index (χ4n) is 7.58. The quantitative estimate of drug-likeness (QED) is 0.122. The van der Waals surface area contributed by atoms with Crippen molar-refractivity contribution in [2.45, 2.75) is 76.2 Å². The molecule has 4 aromatic carbocycles. The van der Waals surface area contributed by atoms with E-state index in [0.29, 0.717) is 0 Å². The van der Waals surface area contributed by atoms with Crippen LogP contribution in [0.4, 0.5) is 0 Å². The number of alkyl halides is 2. The average molecular weight is 622 g/mol. The molecule has 3 heteroatoms. The van der Waals surface area contributed by atoms with Gasteiger partial charge in [-0.1, -0.05) is 137 Å². The van der Waals surface area contributed by atoms with Crippen LogP contribution in [0.2, 0.25) is 13.1 Å². The van der Waals surface area contributed by atoms with Crippen LogP contribution in [0.25, 0.3) is 32.6 Å². The van der Waals surface area contributed by atoms with E-state index in [1.54, 1.807) is 10.4 Å². The maximum atomic E-state index is 7.51. The van der Waals surface area contributed by atoms with Crippen LogP contribution in [0.5, 0.6) is 0 Å². The fourth-order valence-corrected chi connectivity index (χ4v) is 12.8. The summed E-state index contributed by atoms with van der Waals surface area (Å²) >= 11 is 15.0. The van der Waals surface area contributed by atoms with Gasteiger partial charge in [-0.15, -0.1) is 23.2 Å². The highest BCUT2D eigenvalue weighted by Crippen LogP contribution is 2.59. The predicted molar refractivity (Wildman–Crippen MR) is 191 cm³/mol. The Morgan fingerprint density at radius 3 is 1.30 bits per heavy atom. The molecule has 0 amide bonds. The molecule has 0 N–H and O–H groups in total. The van der Waals surface area contributed by atoms with Crippen LogP contribution in [0.15, 0.2) is 108 Å². The summed E-state index contributed by atoms with van der Waals surface area (Å²) in [6.07, 6.45) is 6.67. The molecule has 6 rings (SSSR count). The Kier molecular flexibility index (Phi) is 8.88. The van der Waals surface area contributed by atoms with Gasteiger partial charge in [0.05, 0.1) is 10.8 Å². The Labute approximate surface area is 269 Å². The zero-order chi connectivity index (χ0) is 30.1. The van der Waals surface area contributed by atoms with E-state index in [-0.39, 0.29) is 10.8 Å². The molecule has 0 saturated heterocycles. The molecule has 220 valence electrons. The molecule has 0 fully saturated rings. The third-order valence-corrected chi connectivity index (χ3v) is 14.2. The van der Waals surface area contributed by atoms with Gasteiger partial charge in [-0.05, 0) is 91.7 Å². The van der Waals surface area contributed by atoms with E-state index in [1.807, 2.05) is 0 Å². The third kappa shape index (κ3) is 5.28. The van der Waals surface area contributed by atoms with Crippen molar-refractivity contribution in [2.24, 2.45) is 0 Å². The van der Waals surface area contributed by atoms with Gasteiger partial charge >= 0.3 is 0 Å². The monoisotopic (exact) mass is 620 g/mol. The lowest BCUT2D eigenvalue weighted by Gasteiger charge is -2.33. The van der Waals surface area contributed by atoms with Gasteiger partial charge in [-0.25, -0.2) is 0 Å². The van der Waals surface area contributed by atoms with Gasteiger partial charge < -0.3 is 0 Å². The van der Waals surface area contributed by atoms with Gasteiger partial charge in [0.1, 0.15) is 8.07 Å². The third-order valence-electron chi connectivity index (χ3n) is 9.51. The van der Waals surface area contributed by atoms with Crippen molar-refractivity contribution < 1.29 is 0 Å². The molecule has 43 heavy (non-hydrogen) atoms. The highest BCUT2D eigenvalue weighted by Gasteiger charge is 2.47. The lowest BCUT2D eigenvalue weighted by Crippen LogP contribution is -2.32. The minimum Gasteiger partial charge on any atom is -0.113 e. The molecule has 0 heterocycles. The molecular weight excluding hydrogens is 579 g/mol. The summed E-state index contributed by atoms with van der Waals surface area (Å²) in [4.78, 5) is 0. The largest absolute Gasteiger partial charge is 0.113 e. The van der Waals surface area contributed by atoms with Crippen LogP contribution < -0.4 is 0 Å². The second kappa shape index (κ2) is 12.6. The van der Waals surface area contributed by atoms with Crippen molar-refractivity contribution in [3.8, 4) is 22.3 Å². The highest BCUT2D eigenvalue weighted by atomic mass is 35.5. The van der Waals surface area contributed by atoms with Gasteiger partial charge in [0.2, 0.25) is 0 Å². The number of benzene rings is 4. The second-order valence-corrected chi connectivity index (χ2v) is 17.8. The molecule has 0 aliphatic heterocycles. The molecular formula is C40H42Cl2Si. The summed E-state index contributed by atoms with van der Waals surface area (Å²) in [5, 5.41) is 2.89. The Morgan fingerprint density at radius 1 is 0.535 bits per heavy atom. The second-order valence-electron chi connectivity index (χ2n) is 12.6. The van der Waals surface area contributed by atoms with Gasteiger partial charge in [-0.2, -0.15) is 0 Å². The number of unbranched alkanes of at least 4 members (excludes halogenated alkanes) is 2. The van der Waals surface area contributed by atoms with Gasteiger partial charge in [0, 0.05) is 0 Å². The average Bonchev–Trinajstić information content (AvgIpc) is 3.50.